The van der Waals surface area contributed by atoms with Crippen LogP contribution in [-0.2, 0) is 5.88 Å². The van der Waals surface area contributed by atoms with E-state index in [9.17, 15) is 4.79 Å². The molecule has 0 saturated carbocycles. The van der Waals surface area contributed by atoms with Crippen molar-refractivity contribution in [3.05, 3.63) is 52.3 Å². The highest BCUT2D eigenvalue weighted by atomic mass is 35.5. The van der Waals surface area contributed by atoms with E-state index in [2.05, 4.69) is 39.0 Å². The first-order valence-corrected chi connectivity index (χ1v) is 10.7. The number of H-pyrrole nitrogens is 1. The van der Waals surface area contributed by atoms with Crippen LogP contribution >= 0.6 is 24.0 Å². The number of aromatic nitrogens is 1. The summed E-state index contributed by atoms with van der Waals surface area (Å²) in [6, 6.07) is 13.0. The maximum Gasteiger partial charge on any atom is 0.252 e. The number of alkyl halides is 1. The number of halogens is 2. The third-order valence-corrected chi connectivity index (χ3v) is 6.34. The number of aromatic amines is 1. The van der Waals surface area contributed by atoms with Gasteiger partial charge >= 0.3 is 0 Å². The van der Waals surface area contributed by atoms with E-state index in [0.29, 0.717) is 5.56 Å². The Kier molecular flexibility index (Phi) is 7.44. The SMILES string of the molecule is Cl.O=c1[nH]c(-c2ccc(N3CCC(N4CCCCC4)CC3)cc2)ccc1CCl. The first kappa shape index (κ1) is 21.2. The van der Waals surface area contributed by atoms with Gasteiger partial charge in [0, 0.05) is 36.1 Å². The van der Waals surface area contributed by atoms with E-state index in [-0.39, 0.29) is 23.8 Å². The normalized spacial score (nSPS) is 18.7. The minimum Gasteiger partial charge on any atom is -0.371 e. The average molecular weight is 422 g/mol. The fourth-order valence-electron chi connectivity index (χ4n) is 4.40. The summed E-state index contributed by atoms with van der Waals surface area (Å²) in [5.41, 5.74) is 3.64. The molecule has 4 nitrogen and oxygen atoms in total. The van der Waals surface area contributed by atoms with E-state index < -0.39 is 0 Å². The summed E-state index contributed by atoms with van der Waals surface area (Å²) in [5.74, 6) is 0.238. The number of nitrogens with one attached hydrogen (secondary N) is 1. The second kappa shape index (κ2) is 9.82. The standard InChI is InChI=1S/C22H28ClN3O.ClH/c23-16-18-6-9-21(24-22(18)27)17-4-7-19(8-5-17)26-14-10-20(11-15-26)25-12-2-1-3-13-25;/h4-9,20H,1-3,10-16H2,(H,24,27);1H. The summed E-state index contributed by atoms with van der Waals surface area (Å²) in [4.78, 5) is 20.1. The van der Waals surface area contributed by atoms with Crippen molar-refractivity contribution in [3.63, 3.8) is 0 Å². The molecule has 0 unspecified atom stereocenters. The third kappa shape index (κ3) is 4.73. The largest absolute Gasteiger partial charge is 0.371 e. The van der Waals surface area contributed by atoms with Crippen LogP contribution in [0.2, 0.25) is 0 Å². The minimum atomic E-state index is -0.105. The highest BCUT2D eigenvalue weighted by Gasteiger charge is 2.25. The number of pyridine rings is 1. The summed E-state index contributed by atoms with van der Waals surface area (Å²) in [5, 5.41) is 0. The van der Waals surface area contributed by atoms with Crippen molar-refractivity contribution in [1.29, 1.82) is 0 Å². The number of piperidine rings is 2. The maximum absolute atomic E-state index is 12.0. The fraction of sp³-hybridized carbons (Fsp3) is 0.500. The molecule has 2 saturated heterocycles. The number of anilines is 1. The highest BCUT2D eigenvalue weighted by molar-refractivity contribution is 6.17. The van der Waals surface area contributed by atoms with Crippen LogP contribution in [0.1, 0.15) is 37.7 Å². The Morgan fingerprint density at radius 1 is 0.929 bits per heavy atom. The van der Waals surface area contributed by atoms with Crippen molar-refractivity contribution in [1.82, 2.24) is 9.88 Å². The monoisotopic (exact) mass is 421 g/mol. The van der Waals surface area contributed by atoms with Gasteiger partial charge in [0.25, 0.3) is 5.56 Å². The molecular weight excluding hydrogens is 393 g/mol. The van der Waals surface area contributed by atoms with Gasteiger partial charge in [0.1, 0.15) is 0 Å². The molecule has 1 aromatic heterocycles. The molecule has 2 aliphatic rings. The van der Waals surface area contributed by atoms with E-state index in [1.165, 1.54) is 50.9 Å². The Balaban J connectivity index is 0.00000225. The van der Waals surface area contributed by atoms with Gasteiger partial charge in [-0.15, -0.1) is 24.0 Å². The van der Waals surface area contributed by atoms with Crippen molar-refractivity contribution in [2.24, 2.45) is 0 Å². The van der Waals surface area contributed by atoms with Gasteiger partial charge in [-0.2, -0.15) is 0 Å². The van der Waals surface area contributed by atoms with Gasteiger partial charge in [-0.3, -0.25) is 4.79 Å². The first-order valence-electron chi connectivity index (χ1n) is 10.1. The lowest BCUT2D eigenvalue weighted by Crippen LogP contribution is -2.46. The van der Waals surface area contributed by atoms with Gasteiger partial charge in [0.15, 0.2) is 0 Å². The maximum atomic E-state index is 12.0. The summed E-state index contributed by atoms with van der Waals surface area (Å²) in [7, 11) is 0. The third-order valence-electron chi connectivity index (χ3n) is 6.05. The molecule has 2 aromatic rings. The van der Waals surface area contributed by atoms with Gasteiger partial charge in [-0.05, 0) is 62.5 Å². The Morgan fingerprint density at radius 2 is 1.61 bits per heavy atom. The van der Waals surface area contributed by atoms with Gasteiger partial charge in [0.2, 0.25) is 0 Å². The van der Waals surface area contributed by atoms with Crippen LogP contribution in [0.15, 0.2) is 41.2 Å². The van der Waals surface area contributed by atoms with Gasteiger partial charge in [-0.1, -0.05) is 24.6 Å². The zero-order valence-electron chi connectivity index (χ0n) is 16.2. The zero-order chi connectivity index (χ0) is 18.6. The van der Waals surface area contributed by atoms with Crippen molar-refractivity contribution >= 4 is 29.7 Å². The molecule has 0 atom stereocenters. The minimum absolute atomic E-state index is 0. The van der Waals surface area contributed by atoms with Gasteiger partial charge in [0.05, 0.1) is 5.88 Å². The van der Waals surface area contributed by atoms with Crippen molar-refractivity contribution in [2.45, 2.75) is 44.0 Å². The molecule has 152 valence electrons. The molecule has 0 aliphatic carbocycles. The van der Waals surface area contributed by atoms with E-state index >= 15 is 0 Å². The molecule has 1 N–H and O–H groups in total. The number of benzene rings is 1. The predicted octanol–water partition coefficient (Wildman–Crippen LogP) is 4.66. The van der Waals surface area contributed by atoms with E-state index in [4.69, 9.17) is 11.6 Å². The Hall–Kier alpha value is -1.49. The molecule has 28 heavy (non-hydrogen) atoms. The van der Waals surface area contributed by atoms with E-state index in [1.807, 2.05) is 6.07 Å². The van der Waals surface area contributed by atoms with Crippen molar-refractivity contribution in [3.8, 4) is 11.3 Å². The predicted molar refractivity (Wildman–Crippen MR) is 120 cm³/mol. The molecule has 4 rings (SSSR count). The quantitative estimate of drug-likeness (QED) is 0.729. The van der Waals surface area contributed by atoms with Crippen LogP contribution in [0.4, 0.5) is 5.69 Å². The molecule has 0 bridgehead atoms. The molecule has 6 heteroatoms. The summed E-state index contributed by atoms with van der Waals surface area (Å²) in [6.07, 6.45) is 6.66. The molecular formula is C22H29Cl2N3O. The number of hydrogen-bond acceptors (Lipinski definition) is 3. The van der Waals surface area contributed by atoms with Crippen LogP contribution in [0.25, 0.3) is 11.3 Å². The molecule has 1 aromatic carbocycles. The van der Waals surface area contributed by atoms with E-state index in [1.54, 1.807) is 6.07 Å². The second-order valence-corrected chi connectivity index (χ2v) is 7.99. The molecule has 0 amide bonds. The summed E-state index contributed by atoms with van der Waals surface area (Å²) in [6.45, 7) is 4.84. The lowest BCUT2D eigenvalue weighted by molar-refractivity contribution is 0.141. The van der Waals surface area contributed by atoms with Crippen molar-refractivity contribution < 1.29 is 0 Å². The first-order chi connectivity index (χ1) is 13.2. The van der Waals surface area contributed by atoms with Crippen LogP contribution in [-0.4, -0.2) is 42.1 Å². The number of hydrogen-bond donors (Lipinski definition) is 1. The molecule has 2 aliphatic heterocycles. The molecule has 2 fully saturated rings. The van der Waals surface area contributed by atoms with Crippen LogP contribution in [0, 0.1) is 0 Å². The number of nitrogens with zero attached hydrogens (tertiary/aromatic N) is 2. The topological polar surface area (TPSA) is 39.3 Å². The number of rotatable bonds is 4. The fourth-order valence-corrected chi connectivity index (χ4v) is 4.61. The molecule has 0 radical (unpaired) electrons. The zero-order valence-corrected chi connectivity index (χ0v) is 17.8. The van der Waals surface area contributed by atoms with Crippen molar-refractivity contribution in [2.75, 3.05) is 31.1 Å². The van der Waals surface area contributed by atoms with Gasteiger partial charge < -0.3 is 14.8 Å². The van der Waals surface area contributed by atoms with Crippen LogP contribution in [0.3, 0.4) is 0 Å². The number of likely N-dealkylation sites (tertiary alicyclic amines) is 1. The molecule has 0 spiro atoms. The second-order valence-electron chi connectivity index (χ2n) is 7.72. The summed E-state index contributed by atoms with van der Waals surface area (Å²) < 4.78 is 0. The lowest BCUT2D eigenvalue weighted by Gasteiger charge is -2.41. The Labute approximate surface area is 178 Å². The van der Waals surface area contributed by atoms with Crippen LogP contribution in [0.5, 0.6) is 0 Å². The van der Waals surface area contributed by atoms with E-state index in [0.717, 1.165) is 30.4 Å². The highest BCUT2D eigenvalue weighted by Crippen LogP contribution is 2.26. The smallest absolute Gasteiger partial charge is 0.252 e. The summed E-state index contributed by atoms with van der Waals surface area (Å²) >= 11 is 5.77. The lowest BCUT2D eigenvalue weighted by atomic mass is 9.99. The van der Waals surface area contributed by atoms with Gasteiger partial charge in [-0.25, -0.2) is 0 Å². The Morgan fingerprint density at radius 3 is 2.21 bits per heavy atom. The van der Waals surface area contributed by atoms with Crippen LogP contribution < -0.4 is 10.5 Å². The molecule has 3 heterocycles. The Bertz CT molecular complexity index is 807. The average Bonchev–Trinajstić information content (AvgIpc) is 2.74.